The van der Waals surface area contributed by atoms with E-state index in [4.69, 9.17) is 14.3 Å². The number of aromatic nitrogens is 1. The molecule has 0 unspecified atom stereocenters. The van der Waals surface area contributed by atoms with E-state index in [2.05, 4.69) is 14.6 Å². The van der Waals surface area contributed by atoms with Gasteiger partial charge in [0.1, 0.15) is 11.7 Å². The van der Waals surface area contributed by atoms with Gasteiger partial charge >= 0.3 is 12.3 Å². The fourth-order valence-corrected chi connectivity index (χ4v) is 3.70. The Morgan fingerprint density at radius 2 is 1.97 bits per heavy atom. The number of pyridine rings is 1. The minimum absolute atomic E-state index is 0.0844. The van der Waals surface area contributed by atoms with Crippen molar-refractivity contribution in [3.05, 3.63) is 47.7 Å². The Balaban J connectivity index is 1.41. The van der Waals surface area contributed by atoms with Crippen LogP contribution in [0, 0.1) is 6.92 Å². The third kappa shape index (κ3) is 4.52. The number of hydrogen-bond acceptors (Lipinski definition) is 6. The number of fused-ring (bicyclic) bond motifs is 1. The molecule has 1 aliphatic heterocycles. The number of hydrogen-bond donors (Lipinski definition) is 1. The van der Waals surface area contributed by atoms with E-state index in [0.717, 1.165) is 28.9 Å². The van der Waals surface area contributed by atoms with Gasteiger partial charge in [-0.2, -0.15) is 13.2 Å². The Morgan fingerprint density at radius 3 is 2.58 bits per heavy atom. The number of nitrogens with zero attached hydrogens (tertiary/aromatic N) is 2. The average Bonchev–Trinajstić information content (AvgIpc) is 3.11. The number of carbonyl (C=O) groups is 1. The first-order chi connectivity index (χ1) is 14.7. The van der Waals surface area contributed by atoms with Crippen molar-refractivity contribution >= 4 is 22.8 Å². The molecule has 7 nitrogen and oxygen atoms in total. The summed E-state index contributed by atoms with van der Waals surface area (Å²) in [6.07, 6.45) is -3.88. The van der Waals surface area contributed by atoms with Crippen molar-refractivity contribution in [2.24, 2.45) is 0 Å². The Morgan fingerprint density at radius 1 is 1.23 bits per heavy atom. The van der Waals surface area contributed by atoms with Crippen LogP contribution >= 0.6 is 0 Å². The molecule has 2 aromatic heterocycles. The minimum atomic E-state index is -4.43. The number of rotatable bonds is 4. The zero-order chi connectivity index (χ0) is 22.2. The molecular weight excluding hydrogens is 417 g/mol. The molecule has 1 aliphatic rings. The maximum absolute atomic E-state index is 12.6. The van der Waals surface area contributed by atoms with Gasteiger partial charge < -0.3 is 23.9 Å². The van der Waals surface area contributed by atoms with E-state index < -0.39 is 17.9 Å². The maximum atomic E-state index is 12.6. The smallest absolute Gasteiger partial charge is 0.474 e. The second-order valence-electron chi connectivity index (χ2n) is 7.24. The molecule has 0 atom stereocenters. The SMILES string of the molecule is Cc1c(N2CCC(Oc3ccc(C(F)(F)F)cn3)CC2)ccc2oc(OC(=O)O)cc12. The molecule has 4 rings (SSSR count). The zero-order valence-electron chi connectivity index (χ0n) is 16.5. The highest BCUT2D eigenvalue weighted by molar-refractivity contribution is 5.88. The summed E-state index contributed by atoms with van der Waals surface area (Å²) in [6, 6.07) is 7.42. The van der Waals surface area contributed by atoms with Crippen LogP contribution in [0.3, 0.4) is 0 Å². The van der Waals surface area contributed by atoms with E-state index in [-0.39, 0.29) is 17.9 Å². The standard InChI is InChI=1S/C21H19F3N2O5/c1-12-15-10-19(31-20(27)28)30-17(15)4-3-16(12)26-8-6-14(7-9-26)29-18-5-2-13(11-25-18)21(22,23)24/h2-5,10-11,14H,6-9H2,1H3,(H,27,28). The Kier molecular flexibility index (Phi) is 5.38. The number of furan rings is 1. The van der Waals surface area contributed by atoms with Crippen molar-refractivity contribution in [1.82, 2.24) is 4.98 Å². The van der Waals surface area contributed by atoms with E-state index in [0.29, 0.717) is 31.5 Å². The van der Waals surface area contributed by atoms with Crippen LogP contribution in [0.5, 0.6) is 11.8 Å². The lowest BCUT2D eigenvalue weighted by molar-refractivity contribution is -0.137. The van der Waals surface area contributed by atoms with Crippen molar-refractivity contribution in [3.8, 4) is 11.8 Å². The van der Waals surface area contributed by atoms with Crippen LogP contribution in [-0.4, -0.2) is 35.4 Å². The summed E-state index contributed by atoms with van der Waals surface area (Å²) in [7, 11) is 0. The van der Waals surface area contributed by atoms with E-state index in [1.165, 1.54) is 6.07 Å². The summed E-state index contributed by atoms with van der Waals surface area (Å²) >= 11 is 0. The first-order valence-electron chi connectivity index (χ1n) is 9.59. The lowest BCUT2D eigenvalue weighted by atomic mass is 10.0. The molecule has 3 aromatic rings. The van der Waals surface area contributed by atoms with Gasteiger partial charge in [-0.05, 0) is 30.7 Å². The molecule has 3 heterocycles. The first kappa shape index (κ1) is 20.8. The van der Waals surface area contributed by atoms with Crippen LogP contribution in [0.4, 0.5) is 23.7 Å². The van der Waals surface area contributed by atoms with Crippen molar-refractivity contribution in [2.75, 3.05) is 18.0 Å². The summed E-state index contributed by atoms with van der Waals surface area (Å²) in [6.45, 7) is 3.30. The number of aryl methyl sites for hydroxylation is 1. The highest BCUT2D eigenvalue weighted by atomic mass is 19.4. The van der Waals surface area contributed by atoms with Gasteiger partial charge in [0.25, 0.3) is 5.95 Å². The van der Waals surface area contributed by atoms with E-state index >= 15 is 0 Å². The van der Waals surface area contributed by atoms with Crippen molar-refractivity contribution in [2.45, 2.75) is 32.0 Å². The van der Waals surface area contributed by atoms with Gasteiger partial charge in [0.15, 0.2) is 0 Å². The molecule has 0 spiro atoms. The highest BCUT2D eigenvalue weighted by Crippen LogP contribution is 2.35. The molecule has 31 heavy (non-hydrogen) atoms. The number of piperidine rings is 1. The monoisotopic (exact) mass is 436 g/mol. The number of benzene rings is 1. The number of ether oxygens (including phenoxy) is 2. The third-order valence-electron chi connectivity index (χ3n) is 5.24. The Bertz CT molecular complexity index is 1090. The molecular formula is C21H19F3N2O5. The summed E-state index contributed by atoms with van der Waals surface area (Å²) < 4.78 is 53.7. The van der Waals surface area contributed by atoms with Crippen LogP contribution in [0.25, 0.3) is 11.0 Å². The molecule has 0 radical (unpaired) electrons. The molecule has 0 bridgehead atoms. The van der Waals surface area contributed by atoms with Crippen LogP contribution in [0.15, 0.2) is 40.9 Å². The van der Waals surface area contributed by atoms with Crippen LogP contribution in [-0.2, 0) is 6.18 Å². The lowest BCUT2D eigenvalue weighted by Gasteiger charge is -2.34. The molecule has 1 saturated heterocycles. The second kappa shape index (κ2) is 8.01. The number of halogens is 3. The summed E-state index contributed by atoms with van der Waals surface area (Å²) in [5.41, 5.74) is 1.65. The predicted molar refractivity (Wildman–Crippen MR) is 105 cm³/mol. The first-order valence-corrected chi connectivity index (χ1v) is 9.59. The van der Waals surface area contributed by atoms with Gasteiger partial charge in [-0.25, -0.2) is 9.78 Å². The fraction of sp³-hybridized carbons (Fsp3) is 0.333. The van der Waals surface area contributed by atoms with Gasteiger partial charge in [-0.3, -0.25) is 0 Å². The Hall–Kier alpha value is -3.43. The maximum Gasteiger partial charge on any atom is 0.513 e. The van der Waals surface area contributed by atoms with Gasteiger partial charge in [-0.1, -0.05) is 0 Å². The summed E-state index contributed by atoms with van der Waals surface area (Å²) in [5.74, 6) is 0.0901. The minimum Gasteiger partial charge on any atom is -0.474 e. The van der Waals surface area contributed by atoms with E-state index in [9.17, 15) is 18.0 Å². The molecule has 1 aromatic carbocycles. The number of anilines is 1. The molecule has 0 aliphatic carbocycles. The molecule has 0 amide bonds. The van der Waals surface area contributed by atoms with Crippen LogP contribution in [0.1, 0.15) is 24.0 Å². The van der Waals surface area contributed by atoms with Gasteiger partial charge in [0.2, 0.25) is 5.88 Å². The highest BCUT2D eigenvalue weighted by Gasteiger charge is 2.31. The van der Waals surface area contributed by atoms with Crippen LogP contribution in [0.2, 0.25) is 0 Å². The van der Waals surface area contributed by atoms with E-state index in [1.54, 1.807) is 12.1 Å². The fourth-order valence-electron chi connectivity index (χ4n) is 3.70. The topological polar surface area (TPSA) is 85.0 Å². The zero-order valence-corrected chi connectivity index (χ0v) is 16.5. The largest absolute Gasteiger partial charge is 0.513 e. The summed E-state index contributed by atoms with van der Waals surface area (Å²) in [5, 5.41) is 9.51. The Labute approximate surface area is 175 Å². The molecule has 1 N–H and O–H groups in total. The van der Waals surface area contributed by atoms with Crippen molar-refractivity contribution < 1.29 is 37.0 Å². The second-order valence-corrected chi connectivity index (χ2v) is 7.24. The molecule has 164 valence electrons. The van der Waals surface area contributed by atoms with Gasteiger partial charge in [0, 0.05) is 55.3 Å². The predicted octanol–water partition coefficient (Wildman–Crippen LogP) is 5.26. The molecule has 1 fully saturated rings. The number of alkyl halides is 3. The summed E-state index contributed by atoms with van der Waals surface area (Å²) in [4.78, 5) is 16.7. The van der Waals surface area contributed by atoms with E-state index in [1.807, 2.05) is 13.0 Å². The molecule has 10 heteroatoms. The van der Waals surface area contributed by atoms with Crippen molar-refractivity contribution in [1.29, 1.82) is 0 Å². The number of carboxylic acid groups (broad SMARTS) is 1. The van der Waals surface area contributed by atoms with Gasteiger partial charge in [0.05, 0.1) is 5.56 Å². The third-order valence-corrected chi connectivity index (χ3v) is 5.24. The average molecular weight is 436 g/mol. The normalized spacial score (nSPS) is 15.3. The van der Waals surface area contributed by atoms with Crippen molar-refractivity contribution in [3.63, 3.8) is 0 Å². The molecule has 0 saturated carbocycles. The van der Waals surface area contributed by atoms with Gasteiger partial charge in [-0.15, -0.1) is 0 Å². The lowest BCUT2D eigenvalue weighted by Crippen LogP contribution is -2.38. The quantitative estimate of drug-likeness (QED) is 0.559. The van der Waals surface area contributed by atoms with Crippen LogP contribution < -0.4 is 14.4 Å².